The van der Waals surface area contributed by atoms with E-state index in [9.17, 15) is 27.4 Å². The van der Waals surface area contributed by atoms with Gasteiger partial charge in [-0.1, -0.05) is 30.3 Å². The van der Waals surface area contributed by atoms with Crippen LogP contribution in [0.15, 0.2) is 59.6 Å². The van der Waals surface area contributed by atoms with E-state index in [1.165, 1.54) is 17.8 Å². The van der Waals surface area contributed by atoms with Crippen LogP contribution in [0.3, 0.4) is 0 Å². The second-order valence-corrected chi connectivity index (χ2v) is 7.88. The van der Waals surface area contributed by atoms with Crippen molar-refractivity contribution in [2.24, 2.45) is 12.8 Å². The van der Waals surface area contributed by atoms with E-state index in [-0.39, 0.29) is 28.6 Å². The number of aryl methyl sites for hydroxylation is 1. The van der Waals surface area contributed by atoms with Gasteiger partial charge in [-0.15, -0.1) is 0 Å². The molecule has 1 unspecified atom stereocenters. The Kier molecular flexibility index (Phi) is 7.36. The van der Waals surface area contributed by atoms with E-state index in [0.717, 1.165) is 18.2 Å². The van der Waals surface area contributed by atoms with Crippen LogP contribution in [-0.4, -0.2) is 37.0 Å². The molecule has 3 atom stereocenters. The molecular formula is C21H21F2N3O5S. The number of benzene rings is 2. The number of carbonyl (C=O) groups excluding carboxylic acids is 1. The molecule has 5 N–H and O–H groups in total. The Labute approximate surface area is 184 Å². The first-order chi connectivity index (χ1) is 15.2. The van der Waals surface area contributed by atoms with E-state index >= 15 is 0 Å². The van der Waals surface area contributed by atoms with E-state index in [1.54, 1.807) is 30.3 Å². The number of aromatic nitrogens is 1. The zero-order valence-corrected chi connectivity index (χ0v) is 17.7. The van der Waals surface area contributed by atoms with Crippen molar-refractivity contribution in [1.82, 2.24) is 4.57 Å². The van der Waals surface area contributed by atoms with Crippen molar-refractivity contribution in [2.75, 3.05) is 11.9 Å². The van der Waals surface area contributed by atoms with Crippen LogP contribution in [0.4, 0.5) is 14.5 Å². The quantitative estimate of drug-likeness (QED) is 0.379. The third-order valence-corrected chi connectivity index (χ3v) is 5.32. The van der Waals surface area contributed by atoms with E-state index in [2.05, 4.69) is 5.32 Å². The van der Waals surface area contributed by atoms with Crippen molar-refractivity contribution in [2.45, 2.75) is 17.0 Å². The lowest BCUT2D eigenvalue weighted by Crippen LogP contribution is -2.35. The second-order valence-electron chi connectivity index (χ2n) is 6.94. The van der Waals surface area contributed by atoms with Gasteiger partial charge < -0.3 is 30.0 Å². The van der Waals surface area contributed by atoms with Crippen LogP contribution >= 0.6 is 0 Å². The summed E-state index contributed by atoms with van der Waals surface area (Å²) in [6, 6.07) is 10.5. The van der Waals surface area contributed by atoms with Crippen LogP contribution in [0, 0.1) is 11.6 Å². The lowest BCUT2D eigenvalue weighted by Gasteiger charge is -2.20. The highest BCUT2D eigenvalue weighted by Crippen LogP contribution is 2.30. The zero-order valence-electron chi connectivity index (χ0n) is 16.9. The summed E-state index contributed by atoms with van der Waals surface area (Å²) in [5.74, 6) is -3.23. The Balaban J connectivity index is 1.84. The number of halogens is 2. The van der Waals surface area contributed by atoms with Crippen molar-refractivity contribution in [1.29, 1.82) is 0 Å². The Morgan fingerprint density at radius 2 is 1.91 bits per heavy atom. The van der Waals surface area contributed by atoms with Gasteiger partial charge in [0.05, 0.1) is 12.1 Å². The third-order valence-electron chi connectivity index (χ3n) is 4.65. The fourth-order valence-electron chi connectivity index (χ4n) is 3.04. The minimum Gasteiger partial charge on any atom is -0.488 e. The number of aliphatic hydroxyl groups is 1. The lowest BCUT2D eigenvalue weighted by atomic mass is 10.0. The lowest BCUT2D eigenvalue weighted by molar-refractivity contribution is 0.100. The highest BCUT2D eigenvalue weighted by atomic mass is 32.2. The number of ether oxygens (including phenoxy) is 1. The maximum Gasteiger partial charge on any atom is 0.276 e. The number of aliphatic hydroxyl groups excluding tert-OH is 1. The van der Waals surface area contributed by atoms with Crippen LogP contribution in [0.2, 0.25) is 0 Å². The third kappa shape index (κ3) is 5.19. The summed E-state index contributed by atoms with van der Waals surface area (Å²) in [4.78, 5) is 12.6. The molecule has 0 aliphatic rings. The first kappa shape index (κ1) is 23.5. The molecule has 0 saturated heterocycles. The summed E-state index contributed by atoms with van der Waals surface area (Å²) in [6.07, 6.45) is 0.146. The number of carbonyl (C=O) groups is 1. The average molecular weight is 465 g/mol. The van der Waals surface area contributed by atoms with E-state index in [4.69, 9.17) is 10.5 Å². The van der Waals surface area contributed by atoms with E-state index in [0.29, 0.717) is 5.56 Å². The predicted octanol–water partition coefficient (Wildman–Crippen LogP) is 2.58. The topological polar surface area (TPSA) is 127 Å². The minimum atomic E-state index is -2.50. The van der Waals surface area contributed by atoms with Crippen molar-refractivity contribution in [3.05, 3.63) is 77.6 Å². The zero-order chi connectivity index (χ0) is 23.4. The number of hydrogen-bond acceptors (Lipinski definition) is 5. The smallest absolute Gasteiger partial charge is 0.276 e. The molecule has 8 nitrogen and oxygen atoms in total. The summed E-state index contributed by atoms with van der Waals surface area (Å²) in [6.45, 7) is -0.282. The van der Waals surface area contributed by atoms with Crippen molar-refractivity contribution in [3.63, 3.8) is 0 Å². The Hall–Kier alpha value is -3.12. The molecule has 3 aromatic rings. The van der Waals surface area contributed by atoms with Gasteiger partial charge in [0.1, 0.15) is 11.5 Å². The molecule has 0 aliphatic heterocycles. The van der Waals surface area contributed by atoms with Crippen LogP contribution in [0.25, 0.3) is 0 Å². The standard InChI is InChI=1S/C21H21F2N3O5S/c1-26-10-17(32(29)30)20(31-11-16(24)19(27)12-5-3-2-4-6-12)18(26)21(28)25-13-7-8-14(22)15(23)9-13/h2-10,16,19,27H,11,24H2,1H3,(H,25,28)(H,29,30)/t16-,19-/m0/s1. The Morgan fingerprint density at radius 1 is 1.22 bits per heavy atom. The fourth-order valence-corrected chi connectivity index (χ4v) is 3.60. The molecule has 0 aliphatic carbocycles. The highest BCUT2D eigenvalue weighted by Gasteiger charge is 2.27. The number of amides is 1. The number of nitrogens with two attached hydrogens (primary N) is 1. The number of rotatable bonds is 8. The first-order valence-corrected chi connectivity index (χ1v) is 10.5. The summed E-state index contributed by atoms with van der Waals surface area (Å²) >= 11 is -2.50. The van der Waals surface area contributed by atoms with Gasteiger partial charge in [0.15, 0.2) is 34.2 Å². The number of nitrogens with zero attached hydrogens (tertiary/aromatic N) is 1. The fraction of sp³-hybridized carbons (Fsp3) is 0.190. The molecule has 11 heteroatoms. The largest absolute Gasteiger partial charge is 0.488 e. The SMILES string of the molecule is Cn1cc(S(=O)O)c(OC[C@H](N)[C@@H](O)c2ccccc2)c1C(=O)Nc1ccc(F)c(F)c1. The molecular weight excluding hydrogens is 444 g/mol. The summed E-state index contributed by atoms with van der Waals surface area (Å²) in [5.41, 5.74) is 6.40. The van der Waals surface area contributed by atoms with Gasteiger partial charge in [0.25, 0.3) is 5.91 Å². The molecule has 1 aromatic heterocycles. The van der Waals surface area contributed by atoms with Crippen molar-refractivity contribution >= 4 is 22.7 Å². The number of anilines is 1. The summed E-state index contributed by atoms with van der Waals surface area (Å²) in [7, 11) is 1.45. The normalized spacial score (nSPS) is 13.9. The monoisotopic (exact) mass is 465 g/mol. The molecule has 1 heterocycles. The first-order valence-electron chi connectivity index (χ1n) is 9.37. The van der Waals surface area contributed by atoms with Crippen LogP contribution in [-0.2, 0) is 18.1 Å². The van der Waals surface area contributed by atoms with Gasteiger partial charge in [-0.25, -0.2) is 13.0 Å². The highest BCUT2D eigenvalue weighted by molar-refractivity contribution is 7.79. The van der Waals surface area contributed by atoms with Gasteiger partial charge in [0, 0.05) is 25.0 Å². The van der Waals surface area contributed by atoms with Gasteiger partial charge >= 0.3 is 0 Å². The van der Waals surface area contributed by atoms with Crippen molar-refractivity contribution in [3.8, 4) is 5.75 Å². The van der Waals surface area contributed by atoms with Gasteiger partial charge in [-0.3, -0.25) is 4.79 Å². The molecule has 0 bridgehead atoms. The Morgan fingerprint density at radius 3 is 2.53 bits per heavy atom. The van der Waals surface area contributed by atoms with Crippen molar-refractivity contribution < 1.29 is 32.2 Å². The van der Waals surface area contributed by atoms with E-state index in [1.807, 2.05) is 0 Å². The molecule has 170 valence electrons. The molecule has 32 heavy (non-hydrogen) atoms. The average Bonchev–Trinajstić information content (AvgIpc) is 3.11. The molecule has 1 amide bonds. The van der Waals surface area contributed by atoms with Gasteiger partial charge in [-0.05, 0) is 17.7 Å². The van der Waals surface area contributed by atoms with Gasteiger partial charge in [-0.2, -0.15) is 0 Å². The van der Waals surface area contributed by atoms with Gasteiger partial charge in [0.2, 0.25) is 0 Å². The Bertz CT molecular complexity index is 1140. The van der Waals surface area contributed by atoms with Crippen LogP contribution in [0.1, 0.15) is 22.2 Å². The number of nitrogens with one attached hydrogen (secondary N) is 1. The molecule has 0 spiro atoms. The molecule has 0 fully saturated rings. The number of hydrogen-bond donors (Lipinski definition) is 4. The minimum absolute atomic E-state index is 0.0241. The van der Waals surface area contributed by atoms with Crippen LogP contribution < -0.4 is 15.8 Å². The van der Waals surface area contributed by atoms with E-state index < -0.39 is 40.8 Å². The summed E-state index contributed by atoms with van der Waals surface area (Å²) in [5, 5.41) is 12.8. The van der Waals surface area contributed by atoms with Crippen LogP contribution in [0.5, 0.6) is 5.75 Å². The predicted molar refractivity (Wildman–Crippen MR) is 114 cm³/mol. The second kappa shape index (κ2) is 10.0. The molecule has 0 radical (unpaired) electrons. The molecule has 2 aromatic carbocycles. The summed E-state index contributed by atoms with van der Waals surface area (Å²) < 4.78 is 54.8. The molecule has 3 rings (SSSR count). The maximum absolute atomic E-state index is 13.5. The molecule has 0 saturated carbocycles. The maximum atomic E-state index is 13.5.